The third kappa shape index (κ3) is 6.38. The Kier molecular flexibility index (Phi) is 8.76. The number of fused-ring (bicyclic) bond motifs is 8. The van der Waals surface area contributed by atoms with Gasteiger partial charge in [0, 0.05) is 46.0 Å². The number of carboxylic acids is 1. The smallest absolute Gasteiger partial charge is 0.306 e. The maximum Gasteiger partial charge on any atom is 0.306 e. The van der Waals surface area contributed by atoms with E-state index < -0.39 is 11.6 Å². The molecule has 0 unspecified atom stereocenters. The molecule has 5 heterocycles. The number of aliphatic carboxylic acids is 1. The van der Waals surface area contributed by atoms with Crippen LogP contribution >= 0.6 is 0 Å². The molecule has 0 aliphatic carbocycles. The van der Waals surface area contributed by atoms with Gasteiger partial charge in [0.2, 0.25) is 0 Å². The van der Waals surface area contributed by atoms with Crippen molar-refractivity contribution in [3.63, 3.8) is 0 Å². The van der Waals surface area contributed by atoms with Gasteiger partial charge in [-0.25, -0.2) is 9.97 Å². The number of carbonyl (C=O) groups excluding carboxylic acids is 1. The number of hydrogen-bond acceptors (Lipinski definition) is 5. The number of carboxylic acid groups (broad SMARTS) is 1. The highest BCUT2D eigenvalue weighted by molar-refractivity contribution is 5.97. The first-order valence-electron chi connectivity index (χ1n) is 15.6. The first kappa shape index (κ1) is 32.4. The molecule has 0 fully saturated rings. The SMILES string of the molecule is C=Cc1c(C)c2cc3[nH]c(cc4nc(cc5nc(cc1[nH]2)C(C)=C5CCC(=O)OC(C)(C)C)C(CCC(=O)O)=C4C)c(C)c3C=C. The summed E-state index contributed by atoms with van der Waals surface area (Å²) in [5.41, 5.74) is 13.6. The van der Waals surface area contributed by atoms with E-state index in [4.69, 9.17) is 14.7 Å². The first-order valence-corrected chi connectivity index (χ1v) is 15.6. The third-order valence-electron chi connectivity index (χ3n) is 8.63. The van der Waals surface area contributed by atoms with E-state index in [0.29, 0.717) is 24.2 Å². The second kappa shape index (κ2) is 12.4. The lowest BCUT2D eigenvalue weighted by molar-refractivity contribution is -0.154. The van der Waals surface area contributed by atoms with Crippen LogP contribution in [0.4, 0.5) is 0 Å². The molecular formula is C38H42N4O4. The summed E-state index contributed by atoms with van der Waals surface area (Å²) in [4.78, 5) is 41.6. The number of rotatable bonds is 8. The molecule has 0 amide bonds. The van der Waals surface area contributed by atoms with Crippen LogP contribution in [0.15, 0.2) is 37.4 Å². The van der Waals surface area contributed by atoms with Crippen LogP contribution in [-0.2, 0) is 14.3 Å². The van der Waals surface area contributed by atoms with E-state index in [1.54, 1.807) is 0 Å². The largest absolute Gasteiger partial charge is 0.481 e. The summed E-state index contributed by atoms with van der Waals surface area (Å²) in [6.45, 7) is 21.8. The van der Waals surface area contributed by atoms with Gasteiger partial charge in [-0.1, -0.05) is 25.3 Å². The summed E-state index contributed by atoms with van der Waals surface area (Å²) in [6.07, 6.45) is 4.63. The number of hydrogen-bond donors (Lipinski definition) is 3. The summed E-state index contributed by atoms with van der Waals surface area (Å²) >= 11 is 0. The molecule has 3 aromatic rings. The molecule has 238 valence electrons. The van der Waals surface area contributed by atoms with Crippen molar-refractivity contribution in [2.45, 2.75) is 79.8 Å². The molecule has 0 atom stereocenters. The number of esters is 1. The predicted molar refractivity (Wildman–Crippen MR) is 188 cm³/mol. The van der Waals surface area contributed by atoms with Crippen molar-refractivity contribution in [1.29, 1.82) is 0 Å². The minimum Gasteiger partial charge on any atom is -0.481 e. The zero-order chi connectivity index (χ0) is 33.5. The van der Waals surface area contributed by atoms with Gasteiger partial charge in [-0.15, -0.1) is 0 Å². The fourth-order valence-corrected chi connectivity index (χ4v) is 6.15. The van der Waals surface area contributed by atoms with Gasteiger partial charge in [0.25, 0.3) is 0 Å². The lowest BCUT2D eigenvalue weighted by Crippen LogP contribution is -2.23. The molecule has 3 aromatic heterocycles. The number of aryl methyl sites for hydroxylation is 2. The van der Waals surface area contributed by atoms with Crippen molar-refractivity contribution < 1.29 is 19.4 Å². The quantitative estimate of drug-likeness (QED) is 0.217. The van der Waals surface area contributed by atoms with E-state index in [1.165, 1.54) is 0 Å². The molecule has 8 nitrogen and oxygen atoms in total. The number of aromatic amines is 2. The van der Waals surface area contributed by atoms with Crippen molar-refractivity contribution in [1.82, 2.24) is 19.9 Å². The van der Waals surface area contributed by atoms with E-state index in [1.807, 2.05) is 71.9 Å². The molecule has 0 saturated carbocycles. The molecule has 8 heteroatoms. The Balaban J connectivity index is 1.84. The number of nitrogens with one attached hydrogen (secondary N) is 2. The number of nitrogens with zero attached hydrogens (tertiary/aromatic N) is 2. The Bertz CT molecular complexity index is 2030. The summed E-state index contributed by atoms with van der Waals surface area (Å²) < 4.78 is 5.60. The lowest BCUT2D eigenvalue weighted by Gasteiger charge is -2.19. The maximum absolute atomic E-state index is 12.8. The molecule has 2 aliphatic heterocycles. The second-order valence-electron chi connectivity index (χ2n) is 12.9. The molecule has 46 heavy (non-hydrogen) atoms. The molecule has 0 spiro atoms. The van der Waals surface area contributed by atoms with Gasteiger partial charge in [0.15, 0.2) is 0 Å². The number of H-pyrrole nitrogens is 2. The predicted octanol–water partition coefficient (Wildman–Crippen LogP) is 9.07. The molecule has 0 saturated heterocycles. The van der Waals surface area contributed by atoms with Crippen LogP contribution < -0.4 is 0 Å². The molecule has 5 rings (SSSR count). The number of allylic oxidation sites excluding steroid dienone is 4. The van der Waals surface area contributed by atoms with Crippen molar-refractivity contribution in [2.24, 2.45) is 0 Å². The Labute approximate surface area is 269 Å². The van der Waals surface area contributed by atoms with Crippen molar-refractivity contribution >= 4 is 68.4 Å². The van der Waals surface area contributed by atoms with Gasteiger partial charge in [-0.05, 0) is 119 Å². The highest BCUT2D eigenvalue weighted by Gasteiger charge is 2.24. The minimum absolute atomic E-state index is 0.0231. The van der Waals surface area contributed by atoms with Gasteiger partial charge >= 0.3 is 11.9 Å². The maximum atomic E-state index is 12.8. The van der Waals surface area contributed by atoms with E-state index in [9.17, 15) is 14.7 Å². The fraction of sp³-hybridized carbons (Fsp3) is 0.316. The summed E-state index contributed by atoms with van der Waals surface area (Å²) in [5, 5.41) is 9.54. The number of carbonyl (C=O) groups is 2. The van der Waals surface area contributed by atoms with Crippen LogP contribution in [0.2, 0.25) is 0 Å². The fourth-order valence-electron chi connectivity index (χ4n) is 6.15. The lowest BCUT2D eigenvalue weighted by atomic mass is 9.98. The van der Waals surface area contributed by atoms with Crippen LogP contribution in [0.1, 0.15) is 105 Å². The normalized spacial score (nSPS) is 13.3. The van der Waals surface area contributed by atoms with Crippen LogP contribution in [0.25, 0.3) is 56.5 Å². The van der Waals surface area contributed by atoms with Crippen LogP contribution in [0, 0.1) is 13.8 Å². The second-order valence-corrected chi connectivity index (χ2v) is 12.9. The molecule has 0 aromatic carbocycles. The van der Waals surface area contributed by atoms with Crippen molar-refractivity contribution in [2.75, 3.05) is 0 Å². The Morgan fingerprint density at radius 3 is 1.67 bits per heavy atom. The van der Waals surface area contributed by atoms with Gasteiger partial charge in [-0.3, -0.25) is 9.59 Å². The highest BCUT2D eigenvalue weighted by Crippen LogP contribution is 2.38. The van der Waals surface area contributed by atoms with Crippen LogP contribution in [-0.4, -0.2) is 42.6 Å². The van der Waals surface area contributed by atoms with Crippen molar-refractivity contribution in [3.05, 3.63) is 82.5 Å². The van der Waals surface area contributed by atoms with Gasteiger partial charge in [0.1, 0.15) is 5.60 Å². The Morgan fingerprint density at radius 2 is 1.20 bits per heavy atom. The number of ether oxygens (including phenoxy) is 1. The molecule has 0 radical (unpaired) electrons. The van der Waals surface area contributed by atoms with Gasteiger partial charge in [0.05, 0.1) is 22.8 Å². The van der Waals surface area contributed by atoms with E-state index in [0.717, 1.165) is 78.0 Å². The van der Waals surface area contributed by atoms with E-state index in [2.05, 4.69) is 36.1 Å². The summed E-state index contributed by atoms with van der Waals surface area (Å²) in [7, 11) is 0. The van der Waals surface area contributed by atoms with E-state index >= 15 is 0 Å². The van der Waals surface area contributed by atoms with Gasteiger partial charge in [-0.2, -0.15) is 0 Å². The third-order valence-corrected chi connectivity index (χ3v) is 8.63. The topological polar surface area (TPSA) is 121 Å². The summed E-state index contributed by atoms with van der Waals surface area (Å²) in [6, 6.07) is 8.04. The minimum atomic E-state index is -0.873. The molecule has 3 N–H and O–H groups in total. The Morgan fingerprint density at radius 1 is 0.739 bits per heavy atom. The molecule has 2 aliphatic rings. The zero-order valence-electron chi connectivity index (χ0n) is 27.8. The first-order chi connectivity index (χ1) is 21.7. The Hall–Kier alpha value is -4.98. The molecule has 8 bridgehead atoms. The summed E-state index contributed by atoms with van der Waals surface area (Å²) in [5.74, 6) is -1.15. The van der Waals surface area contributed by atoms with Gasteiger partial charge < -0.3 is 19.8 Å². The van der Waals surface area contributed by atoms with E-state index in [-0.39, 0.29) is 18.8 Å². The van der Waals surface area contributed by atoms with Crippen LogP contribution in [0.5, 0.6) is 0 Å². The highest BCUT2D eigenvalue weighted by atomic mass is 16.6. The molecular weight excluding hydrogens is 576 g/mol. The van der Waals surface area contributed by atoms with Crippen LogP contribution in [0.3, 0.4) is 0 Å². The standard InChI is InChI=1S/C38H42N4O4/c1-10-24-20(3)28-16-29-22(5)26(12-14-36(43)44)34(41-29)19-35-27(13-15-37(45)46-38(7,8)9)23(6)31(42-35)18-33-25(11-2)21(4)30(40-33)17-32(24)39-28/h10-11,16-19,39-40H,1-2,12-15H2,3-9H3,(H,43,44). The van der Waals surface area contributed by atoms with Crippen molar-refractivity contribution in [3.8, 4) is 0 Å². The zero-order valence-corrected chi connectivity index (χ0v) is 27.8. The average Bonchev–Trinajstić information content (AvgIpc) is 3.63. The number of aromatic nitrogens is 4. The average molecular weight is 619 g/mol. The monoisotopic (exact) mass is 618 g/mol.